The number of nitrogens with one attached hydrogen (secondary N) is 1. The zero-order valence-corrected chi connectivity index (χ0v) is 16.0. The molecule has 0 unspecified atom stereocenters. The molecule has 0 spiro atoms. The molecule has 0 fully saturated rings. The topological polar surface area (TPSA) is 31.9 Å². The maximum absolute atomic E-state index is 4.87. The predicted octanol–water partition coefficient (Wildman–Crippen LogP) is 4.99. The largest absolute Gasteiger partial charge is 0.361 e. The minimum absolute atomic E-state index is 0.887. The van der Waals surface area contributed by atoms with E-state index in [0.29, 0.717) is 0 Å². The van der Waals surface area contributed by atoms with E-state index in [0.717, 1.165) is 30.1 Å². The Morgan fingerprint density at radius 1 is 1.08 bits per heavy atom. The van der Waals surface area contributed by atoms with Gasteiger partial charge in [0.1, 0.15) is 5.01 Å². The van der Waals surface area contributed by atoms with E-state index >= 15 is 0 Å². The number of H-pyrrole nitrogens is 1. The molecule has 0 aliphatic carbocycles. The number of hydrogen-bond donors (Lipinski definition) is 1. The van der Waals surface area contributed by atoms with Crippen molar-refractivity contribution in [3.63, 3.8) is 0 Å². The van der Waals surface area contributed by atoms with Gasteiger partial charge in [0.25, 0.3) is 0 Å². The van der Waals surface area contributed by atoms with Crippen LogP contribution in [0.15, 0.2) is 60.1 Å². The maximum atomic E-state index is 4.87. The Balaban J connectivity index is 1.59. The molecule has 0 saturated heterocycles. The van der Waals surface area contributed by atoms with Gasteiger partial charge in [-0.25, -0.2) is 4.98 Å². The summed E-state index contributed by atoms with van der Waals surface area (Å²) in [5.74, 6) is 0. The van der Waals surface area contributed by atoms with Gasteiger partial charge in [0.15, 0.2) is 0 Å². The number of hydrogen-bond acceptors (Lipinski definition) is 3. The Hall–Kier alpha value is -2.43. The predicted molar refractivity (Wildman–Crippen MR) is 111 cm³/mol. The molecule has 0 aliphatic rings. The van der Waals surface area contributed by atoms with Crippen LogP contribution in [0.3, 0.4) is 0 Å². The highest BCUT2D eigenvalue weighted by atomic mass is 32.1. The average molecular weight is 362 g/mol. The van der Waals surface area contributed by atoms with Gasteiger partial charge in [-0.05, 0) is 49.8 Å². The lowest BCUT2D eigenvalue weighted by atomic mass is 10.1. The molecular formula is C22H23N3S. The third kappa shape index (κ3) is 3.71. The summed E-state index contributed by atoms with van der Waals surface area (Å²) in [6, 6.07) is 17.1. The van der Waals surface area contributed by atoms with Crippen molar-refractivity contribution in [2.75, 3.05) is 20.6 Å². The molecule has 26 heavy (non-hydrogen) atoms. The van der Waals surface area contributed by atoms with E-state index < -0.39 is 0 Å². The summed E-state index contributed by atoms with van der Waals surface area (Å²) in [6.07, 6.45) is 4.08. The minimum atomic E-state index is 0.887. The van der Waals surface area contributed by atoms with Crippen molar-refractivity contribution in [3.8, 4) is 10.6 Å². The quantitative estimate of drug-likeness (QED) is 0.525. The van der Waals surface area contributed by atoms with Gasteiger partial charge in [0.2, 0.25) is 0 Å². The summed E-state index contributed by atoms with van der Waals surface area (Å²) in [4.78, 5) is 10.5. The number of aromatic nitrogens is 2. The fourth-order valence-corrected chi connectivity index (χ4v) is 4.00. The fraction of sp³-hybridized carbons (Fsp3) is 0.227. The number of thiazole rings is 1. The van der Waals surface area contributed by atoms with Crippen LogP contribution in [0.25, 0.3) is 21.5 Å². The average Bonchev–Trinajstić information content (AvgIpc) is 3.27. The van der Waals surface area contributed by atoms with E-state index in [9.17, 15) is 0 Å². The number of rotatable bonds is 6. The molecule has 2 heterocycles. The maximum Gasteiger partial charge on any atom is 0.123 e. The molecule has 4 aromatic rings. The van der Waals surface area contributed by atoms with E-state index in [1.54, 1.807) is 11.3 Å². The summed E-state index contributed by atoms with van der Waals surface area (Å²) >= 11 is 1.73. The normalized spacial score (nSPS) is 11.5. The standard InChI is InChI=1S/C22H23N3S/c1-25(2)11-10-18-14-23-21-9-8-17(13-20(18)21)22-24-19(15-26-22)12-16-6-4-3-5-7-16/h3-9,13-15,23H,10-12H2,1-2H3. The summed E-state index contributed by atoms with van der Waals surface area (Å²) in [5, 5.41) is 4.58. The van der Waals surface area contributed by atoms with Gasteiger partial charge in [-0.3, -0.25) is 0 Å². The summed E-state index contributed by atoms with van der Waals surface area (Å²) < 4.78 is 0. The first-order valence-corrected chi connectivity index (χ1v) is 9.80. The van der Waals surface area contributed by atoms with Crippen LogP contribution in [0, 0.1) is 0 Å². The van der Waals surface area contributed by atoms with Crippen molar-refractivity contribution in [1.82, 2.24) is 14.9 Å². The number of aromatic amines is 1. The number of likely N-dealkylation sites (N-methyl/N-ethyl adjacent to an activating group) is 1. The van der Waals surface area contributed by atoms with Crippen LogP contribution in [0.1, 0.15) is 16.8 Å². The molecule has 0 aliphatic heterocycles. The number of benzene rings is 2. The highest BCUT2D eigenvalue weighted by molar-refractivity contribution is 7.13. The summed E-state index contributed by atoms with van der Waals surface area (Å²) in [7, 11) is 4.23. The van der Waals surface area contributed by atoms with Gasteiger partial charge in [-0.2, -0.15) is 0 Å². The van der Waals surface area contributed by atoms with Crippen LogP contribution in [0.5, 0.6) is 0 Å². The van der Waals surface area contributed by atoms with E-state index in [2.05, 4.69) is 84.1 Å². The zero-order valence-electron chi connectivity index (χ0n) is 15.2. The molecule has 0 amide bonds. The minimum Gasteiger partial charge on any atom is -0.361 e. The molecule has 2 aromatic carbocycles. The number of nitrogens with zero attached hydrogens (tertiary/aromatic N) is 2. The lowest BCUT2D eigenvalue weighted by molar-refractivity contribution is 0.414. The Labute approximate surface area is 158 Å². The highest BCUT2D eigenvalue weighted by Gasteiger charge is 2.09. The van der Waals surface area contributed by atoms with Crippen molar-refractivity contribution < 1.29 is 0 Å². The summed E-state index contributed by atoms with van der Waals surface area (Å²) in [5.41, 5.74) is 6.21. The molecule has 2 aromatic heterocycles. The van der Waals surface area contributed by atoms with Crippen LogP contribution < -0.4 is 0 Å². The van der Waals surface area contributed by atoms with E-state index in [1.807, 2.05) is 0 Å². The van der Waals surface area contributed by atoms with Gasteiger partial charge in [-0.1, -0.05) is 30.3 Å². The van der Waals surface area contributed by atoms with Gasteiger partial charge in [0, 0.05) is 41.0 Å². The second kappa shape index (κ2) is 7.44. The first-order chi connectivity index (χ1) is 12.7. The lowest BCUT2D eigenvalue weighted by Crippen LogP contribution is -2.14. The third-order valence-corrected chi connectivity index (χ3v) is 5.56. The van der Waals surface area contributed by atoms with E-state index in [4.69, 9.17) is 4.98 Å². The van der Waals surface area contributed by atoms with Gasteiger partial charge < -0.3 is 9.88 Å². The molecule has 3 nitrogen and oxygen atoms in total. The van der Waals surface area contributed by atoms with Crippen molar-refractivity contribution in [1.29, 1.82) is 0 Å². The molecule has 4 rings (SSSR count). The second-order valence-electron chi connectivity index (χ2n) is 6.93. The molecule has 4 heteroatoms. The monoisotopic (exact) mass is 361 g/mol. The van der Waals surface area contributed by atoms with E-state index in [1.165, 1.54) is 27.6 Å². The first-order valence-electron chi connectivity index (χ1n) is 8.92. The highest BCUT2D eigenvalue weighted by Crippen LogP contribution is 2.29. The Morgan fingerprint density at radius 2 is 1.92 bits per heavy atom. The van der Waals surface area contributed by atoms with Crippen molar-refractivity contribution in [3.05, 3.63) is 76.9 Å². The number of fused-ring (bicyclic) bond motifs is 1. The second-order valence-corrected chi connectivity index (χ2v) is 7.79. The Morgan fingerprint density at radius 3 is 2.73 bits per heavy atom. The molecule has 0 atom stereocenters. The van der Waals surface area contributed by atoms with Crippen molar-refractivity contribution in [2.24, 2.45) is 0 Å². The lowest BCUT2D eigenvalue weighted by Gasteiger charge is -2.08. The van der Waals surface area contributed by atoms with E-state index in [-0.39, 0.29) is 0 Å². The van der Waals surface area contributed by atoms with Crippen molar-refractivity contribution >= 4 is 22.2 Å². The van der Waals surface area contributed by atoms with Gasteiger partial charge in [0.05, 0.1) is 5.69 Å². The molecule has 0 radical (unpaired) electrons. The van der Waals surface area contributed by atoms with Crippen LogP contribution in [0.4, 0.5) is 0 Å². The van der Waals surface area contributed by atoms with Crippen LogP contribution >= 0.6 is 11.3 Å². The van der Waals surface area contributed by atoms with Crippen molar-refractivity contribution in [2.45, 2.75) is 12.8 Å². The molecule has 0 bridgehead atoms. The Bertz CT molecular complexity index is 999. The Kier molecular flexibility index (Phi) is 4.87. The zero-order chi connectivity index (χ0) is 17.9. The smallest absolute Gasteiger partial charge is 0.123 e. The molecular weight excluding hydrogens is 338 g/mol. The van der Waals surface area contributed by atoms with Gasteiger partial charge in [-0.15, -0.1) is 11.3 Å². The molecule has 132 valence electrons. The fourth-order valence-electron chi connectivity index (χ4n) is 3.19. The van der Waals surface area contributed by atoms with Crippen LogP contribution in [0.2, 0.25) is 0 Å². The van der Waals surface area contributed by atoms with Crippen LogP contribution in [-0.4, -0.2) is 35.5 Å². The summed E-state index contributed by atoms with van der Waals surface area (Å²) in [6.45, 7) is 1.05. The first kappa shape index (κ1) is 17.0. The van der Waals surface area contributed by atoms with Gasteiger partial charge >= 0.3 is 0 Å². The van der Waals surface area contributed by atoms with Crippen LogP contribution in [-0.2, 0) is 12.8 Å². The molecule has 1 N–H and O–H groups in total. The SMILES string of the molecule is CN(C)CCc1c[nH]c2ccc(-c3nc(Cc4ccccc4)cs3)cc12. The third-order valence-electron chi connectivity index (χ3n) is 4.62. The molecule has 0 saturated carbocycles.